The first-order valence-electron chi connectivity index (χ1n) is 2.95. The lowest BCUT2D eigenvalue weighted by molar-refractivity contribution is 0.102. The van der Waals surface area contributed by atoms with Crippen LogP contribution < -0.4 is 0 Å². The average molecular weight is 315 g/mol. The third-order valence-corrected chi connectivity index (χ3v) is 1.99. The second-order valence-electron chi connectivity index (χ2n) is 1.90. The molecule has 0 saturated carbocycles. The molecule has 1 aromatic rings. The maximum absolute atomic E-state index is 11.1. The monoisotopic (exact) mass is 313 g/mol. The highest BCUT2D eigenvalue weighted by molar-refractivity contribution is 9.09. The van der Waals surface area contributed by atoms with E-state index in [0.29, 0.717) is 5.56 Å². The van der Waals surface area contributed by atoms with Gasteiger partial charge in [0.25, 0.3) is 0 Å². The number of Topliss-reactive ketones (excluding diaryl/α,β-unsaturated/α-hetero) is 1. The van der Waals surface area contributed by atoms with Gasteiger partial charge in [0.05, 0.1) is 10.9 Å². The van der Waals surface area contributed by atoms with Crippen LogP contribution in [-0.2, 0) is 0 Å². The van der Waals surface area contributed by atoms with Crippen molar-refractivity contribution >= 4 is 50.3 Å². The van der Waals surface area contributed by atoms with Crippen LogP contribution in [0, 0.1) is 0 Å². The molecule has 0 aliphatic rings. The smallest absolute Gasteiger partial charge is 0.176 e. The normalized spacial score (nSPS) is 8.83. The highest BCUT2D eigenvalue weighted by Crippen LogP contribution is 2.12. The van der Waals surface area contributed by atoms with Crippen molar-refractivity contribution in [1.82, 2.24) is 4.98 Å². The van der Waals surface area contributed by atoms with Crippen molar-refractivity contribution in [2.45, 2.75) is 0 Å². The largest absolute Gasteiger partial charge is 0.293 e. The Morgan fingerprint density at radius 3 is 2.83 bits per heavy atom. The van der Waals surface area contributed by atoms with Crippen molar-refractivity contribution in [3.63, 3.8) is 0 Å². The number of hydrogen-bond acceptors (Lipinski definition) is 2. The number of alkyl halides is 1. The van der Waals surface area contributed by atoms with Gasteiger partial charge in [0.1, 0.15) is 5.15 Å². The van der Waals surface area contributed by atoms with Gasteiger partial charge in [0.2, 0.25) is 0 Å². The van der Waals surface area contributed by atoms with Gasteiger partial charge in [-0.1, -0.05) is 27.5 Å². The summed E-state index contributed by atoms with van der Waals surface area (Å²) in [6, 6.07) is 3.33. The lowest BCUT2D eigenvalue weighted by Gasteiger charge is -1.96. The number of rotatable bonds is 2. The summed E-state index contributed by atoms with van der Waals surface area (Å²) in [5.74, 6) is -0.0527. The molecule has 5 heteroatoms. The van der Waals surface area contributed by atoms with E-state index in [2.05, 4.69) is 20.9 Å². The van der Waals surface area contributed by atoms with Gasteiger partial charge in [0.15, 0.2) is 5.78 Å². The summed E-state index contributed by atoms with van der Waals surface area (Å²) in [5.41, 5.74) is 0.464. The van der Waals surface area contributed by atoms with Crippen LogP contribution in [0.3, 0.4) is 0 Å². The molecule has 0 unspecified atom stereocenters. The molecule has 0 amide bonds. The fraction of sp³-hybridized carbons (Fsp3) is 0.143. The summed E-state index contributed by atoms with van der Waals surface area (Å²) in [5, 5.41) is 0.537. The zero-order valence-corrected chi connectivity index (χ0v) is 10.0. The van der Waals surface area contributed by atoms with Gasteiger partial charge < -0.3 is 0 Å². The second kappa shape index (κ2) is 5.67. The number of carbonyl (C=O) groups is 1. The lowest BCUT2D eigenvalue weighted by Crippen LogP contribution is -2.01. The summed E-state index contributed by atoms with van der Waals surface area (Å²) < 4.78 is 0. The molecule has 1 aromatic heterocycles. The van der Waals surface area contributed by atoms with Gasteiger partial charge in [-0.25, -0.2) is 4.98 Å². The highest BCUT2D eigenvalue weighted by Gasteiger charge is 2.07. The van der Waals surface area contributed by atoms with Crippen molar-refractivity contribution in [2.75, 3.05) is 5.33 Å². The molecule has 0 aliphatic carbocycles. The van der Waals surface area contributed by atoms with Gasteiger partial charge in [-0.2, -0.15) is 0 Å². The summed E-state index contributed by atoms with van der Waals surface area (Å²) >= 11 is 8.69. The summed E-state index contributed by atoms with van der Waals surface area (Å²) in [7, 11) is 0. The van der Waals surface area contributed by atoms with E-state index in [1.165, 1.54) is 0 Å². The highest BCUT2D eigenvalue weighted by atomic mass is 79.9. The molecule has 12 heavy (non-hydrogen) atoms. The van der Waals surface area contributed by atoms with Gasteiger partial charge >= 0.3 is 0 Å². The fourth-order valence-corrected chi connectivity index (χ4v) is 1.19. The van der Waals surface area contributed by atoms with E-state index < -0.39 is 0 Å². The molecule has 0 radical (unpaired) electrons. The number of nitrogens with zero attached hydrogens (tertiary/aromatic N) is 1. The Labute approximate surface area is 94.2 Å². The molecule has 0 saturated heterocycles. The predicted octanol–water partition coefficient (Wildman–Crippen LogP) is 2.89. The fourth-order valence-electron chi connectivity index (χ4n) is 0.666. The van der Waals surface area contributed by atoms with Crippen molar-refractivity contribution in [3.8, 4) is 0 Å². The first-order valence-corrected chi connectivity index (χ1v) is 4.45. The van der Waals surface area contributed by atoms with Gasteiger partial charge in [0, 0.05) is 6.20 Å². The maximum atomic E-state index is 11.1. The van der Waals surface area contributed by atoms with E-state index in [4.69, 9.17) is 11.6 Å². The van der Waals surface area contributed by atoms with E-state index in [0.717, 1.165) is 0 Å². The topological polar surface area (TPSA) is 30.0 Å². The molecule has 0 spiro atoms. The third kappa shape index (κ3) is 2.84. The zero-order chi connectivity index (χ0) is 8.27. The number of carbonyl (C=O) groups excluding carboxylic acids is 1. The number of pyridine rings is 1. The van der Waals surface area contributed by atoms with Gasteiger partial charge in [-0.15, -0.1) is 17.0 Å². The molecule has 1 heterocycles. The van der Waals surface area contributed by atoms with E-state index in [1.807, 2.05) is 0 Å². The van der Waals surface area contributed by atoms with Crippen molar-refractivity contribution in [3.05, 3.63) is 29.0 Å². The molecule has 0 aromatic carbocycles. The first-order chi connectivity index (χ1) is 5.25. The van der Waals surface area contributed by atoms with Crippen molar-refractivity contribution in [1.29, 1.82) is 0 Å². The predicted molar refractivity (Wildman–Crippen MR) is 57.7 cm³/mol. The van der Waals surface area contributed by atoms with Crippen molar-refractivity contribution in [2.24, 2.45) is 0 Å². The minimum absolute atomic E-state index is 0. The standard InChI is InChI=1S/C7H5BrClNO.BrH/c8-4-6(11)5-2-1-3-10-7(5)9;/h1-3H,4H2;1H. The Morgan fingerprint density at radius 1 is 1.67 bits per heavy atom. The van der Waals surface area contributed by atoms with E-state index in [1.54, 1.807) is 18.3 Å². The van der Waals surface area contributed by atoms with Gasteiger partial charge in [-0.3, -0.25) is 4.79 Å². The average Bonchev–Trinajstić information content (AvgIpc) is 2.04. The first kappa shape index (κ1) is 12.1. The molecule has 0 aliphatic heterocycles. The van der Waals surface area contributed by atoms with E-state index in [9.17, 15) is 4.79 Å². The molecule has 66 valence electrons. The van der Waals surface area contributed by atoms with Crippen LogP contribution >= 0.6 is 44.5 Å². The molecule has 0 atom stereocenters. The molecular weight excluding hydrogens is 309 g/mol. The Balaban J connectivity index is 0.00000121. The van der Waals surface area contributed by atoms with Crippen molar-refractivity contribution < 1.29 is 4.79 Å². The minimum Gasteiger partial charge on any atom is -0.293 e. The van der Waals surface area contributed by atoms with Crippen LogP contribution in [0.1, 0.15) is 10.4 Å². The second-order valence-corrected chi connectivity index (χ2v) is 2.82. The number of aromatic nitrogens is 1. The molecule has 0 fully saturated rings. The Bertz CT molecular complexity index is 280. The SMILES string of the molecule is Br.O=C(CBr)c1cccnc1Cl. The molecule has 0 N–H and O–H groups in total. The van der Waals surface area contributed by atoms with Crippen LogP contribution in [0.15, 0.2) is 18.3 Å². The summed E-state index contributed by atoms with van der Waals surface area (Å²) in [6.45, 7) is 0. The number of ketones is 1. The quantitative estimate of drug-likeness (QED) is 0.477. The molecule has 1 rings (SSSR count). The number of halogens is 3. The van der Waals surface area contributed by atoms with Gasteiger partial charge in [-0.05, 0) is 12.1 Å². The third-order valence-electron chi connectivity index (χ3n) is 1.18. The lowest BCUT2D eigenvalue weighted by atomic mass is 10.2. The van der Waals surface area contributed by atoms with Crippen LogP contribution in [0.4, 0.5) is 0 Å². The molecular formula is C7H6Br2ClNO. The van der Waals surface area contributed by atoms with E-state index in [-0.39, 0.29) is 33.2 Å². The molecule has 0 bridgehead atoms. The van der Waals surface area contributed by atoms with E-state index >= 15 is 0 Å². The Kier molecular flexibility index (Phi) is 5.70. The van der Waals surface area contributed by atoms with Crippen LogP contribution in [0.5, 0.6) is 0 Å². The number of hydrogen-bond donors (Lipinski definition) is 0. The van der Waals surface area contributed by atoms with Crippen LogP contribution in [-0.4, -0.2) is 16.1 Å². The molecule has 2 nitrogen and oxygen atoms in total. The van der Waals surface area contributed by atoms with Crippen LogP contribution in [0.25, 0.3) is 0 Å². The summed E-state index contributed by atoms with van der Waals surface area (Å²) in [6.07, 6.45) is 1.55. The zero-order valence-electron chi connectivity index (χ0n) is 5.96. The Hall–Kier alpha value is 0.0700. The Morgan fingerprint density at radius 2 is 2.33 bits per heavy atom. The summed E-state index contributed by atoms with van der Waals surface area (Å²) in [4.78, 5) is 14.8. The maximum Gasteiger partial charge on any atom is 0.176 e. The minimum atomic E-state index is -0.0527. The van der Waals surface area contributed by atoms with Crippen LogP contribution in [0.2, 0.25) is 5.15 Å².